The van der Waals surface area contributed by atoms with Crippen molar-refractivity contribution < 1.29 is 14.5 Å². The van der Waals surface area contributed by atoms with Crippen LogP contribution in [0.2, 0.25) is 0 Å². The molecule has 3 aromatic rings. The van der Waals surface area contributed by atoms with Gasteiger partial charge in [-0.1, -0.05) is 36.4 Å². The third-order valence-corrected chi connectivity index (χ3v) is 5.04. The fourth-order valence-corrected chi connectivity index (χ4v) is 3.37. The summed E-state index contributed by atoms with van der Waals surface area (Å²) in [6.45, 7) is 0.247. The number of rotatable bonds is 8. The van der Waals surface area contributed by atoms with Crippen molar-refractivity contribution in [2.24, 2.45) is 5.10 Å². The van der Waals surface area contributed by atoms with Crippen LogP contribution in [0.1, 0.15) is 22.3 Å². The van der Waals surface area contributed by atoms with Crippen LogP contribution in [0.5, 0.6) is 5.75 Å². The molecule has 160 valence electrons. The number of hydrogen-bond acceptors (Lipinski definition) is 6. The second-order valence-electron chi connectivity index (χ2n) is 6.60. The van der Waals surface area contributed by atoms with E-state index in [1.54, 1.807) is 42.5 Å². The number of halogens is 1. The summed E-state index contributed by atoms with van der Waals surface area (Å²) >= 11 is 3.44. The first kappa shape index (κ1) is 22.7. The zero-order valence-electron chi connectivity index (χ0n) is 16.7. The number of nitro benzene ring substituents is 1. The van der Waals surface area contributed by atoms with E-state index < -0.39 is 10.8 Å². The van der Waals surface area contributed by atoms with Gasteiger partial charge >= 0.3 is 0 Å². The fourth-order valence-electron chi connectivity index (χ4n) is 2.85. The van der Waals surface area contributed by atoms with Crippen LogP contribution in [0.15, 0.2) is 76.3 Å². The first-order valence-electron chi connectivity index (χ1n) is 9.42. The van der Waals surface area contributed by atoms with Crippen LogP contribution in [0, 0.1) is 21.4 Å². The Bertz CT molecular complexity index is 1220. The largest absolute Gasteiger partial charge is 0.488 e. The standard InChI is InChI=1S/C23H17BrN4O4/c24-20-11-16(9-10-22(20)32-15-19-7-2-1-6-18(19)13-25)14-26-27-23(29)12-17-5-3-4-8-21(17)28(30)31/h1-11,14H,12,15H2,(H,27,29). The molecule has 8 nitrogen and oxygen atoms in total. The number of carbonyl (C=O) groups excluding carboxylic acids is 1. The Balaban J connectivity index is 1.58. The van der Waals surface area contributed by atoms with E-state index in [2.05, 4.69) is 32.5 Å². The molecule has 0 spiro atoms. The molecule has 1 N–H and O–H groups in total. The van der Waals surface area contributed by atoms with E-state index in [9.17, 15) is 14.9 Å². The maximum atomic E-state index is 12.1. The number of benzene rings is 3. The van der Waals surface area contributed by atoms with Crippen LogP contribution in [0.3, 0.4) is 0 Å². The van der Waals surface area contributed by atoms with Gasteiger partial charge in [0.2, 0.25) is 5.91 Å². The third kappa shape index (κ3) is 6.00. The minimum absolute atomic E-state index is 0.108. The summed E-state index contributed by atoms with van der Waals surface area (Å²) < 4.78 is 6.48. The highest BCUT2D eigenvalue weighted by atomic mass is 79.9. The molecule has 0 aromatic heterocycles. The lowest BCUT2D eigenvalue weighted by molar-refractivity contribution is -0.385. The second-order valence-corrected chi connectivity index (χ2v) is 7.46. The summed E-state index contributed by atoms with van der Waals surface area (Å²) in [6, 6.07) is 20.7. The number of nitrogens with one attached hydrogen (secondary N) is 1. The summed E-state index contributed by atoms with van der Waals surface area (Å²) in [4.78, 5) is 22.6. The molecular weight excluding hydrogens is 476 g/mol. The minimum atomic E-state index is -0.522. The molecule has 9 heteroatoms. The van der Waals surface area contributed by atoms with E-state index in [4.69, 9.17) is 10.00 Å². The van der Waals surface area contributed by atoms with Gasteiger partial charge in [-0.3, -0.25) is 14.9 Å². The summed E-state index contributed by atoms with van der Waals surface area (Å²) in [5.41, 5.74) is 4.62. The van der Waals surface area contributed by atoms with Crippen molar-refractivity contribution in [1.82, 2.24) is 5.43 Å². The normalized spacial score (nSPS) is 10.5. The van der Waals surface area contributed by atoms with E-state index in [1.807, 2.05) is 12.1 Å². The summed E-state index contributed by atoms with van der Waals surface area (Å²) in [5.74, 6) is 0.126. The van der Waals surface area contributed by atoms with Crippen LogP contribution in [0.4, 0.5) is 5.69 Å². The van der Waals surface area contributed by atoms with Crippen LogP contribution in [0.25, 0.3) is 0 Å². The van der Waals surface area contributed by atoms with Crippen molar-refractivity contribution in [2.45, 2.75) is 13.0 Å². The van der Waals surface area contributed by atoms with Crippen LogP contribution >= 0.6 is 15.9 Å². The average molecular weight is 493 g/mol. The summed E-state index contributed by atoms with van der Waals surface area (Å²) in [5, 5.41) is 24.1. The Morgan fingerprint density at radius 2 is 1.88 bits per heavy atom. The molecule has 3 aromatic carbocycles. The minimum Gasteiger partial charge on any atom is -0.488 e. The van der Waals surface area contributed by atoms with E-state index in [0.717, 1.165) is 5.56 Å². The van der Waals surface area contributed by atoms with Crippen molar-refractivity contribution >= 4 is 33.7 Å². The first-order chi connectivity index (χ1) is 15.5. The van der Waals surface area contributed by atoms with Gasteiger partial charge < -0.3 is 4.74 Å². The van der Waals surface area contributed by atoms with Crippen LogP contribution in [-0.2, 0) is 17.8 Å². The first-order valence-corrected chi connectivity index (χ1v) is 10.2. The molecule has 0 saturated carbocycles. The van der Waals surface area contributed by atoms with Gasteiger partial charge in [0.1, 0.15) is 12.4 Å². The van der Waals surface area contributed by atoms with Gasteiger partial charge in [-0.2, -0.15) is 10.4 Å². The number of hydrogen-bond donors (Lipinski definition) is 1. The molecule has 0 aliphatic carbocycles. The highest BCUT2D eigenvalue weighted by Crippen LogP contribution is 2.26. The topological polar surface area (TPSA) is 118 Å². The molecule has 0 fully saturated rings. The number of nitro groups is 1. The van der Waals surface area contributed by atoms with Crippen molar-refractivity contribution in [2.75, 3.05) is 0 Å². The van der Waals surface area contributed by atoms with Gasteiger partial charge in [0, 0.05) is 17.2 Å². The molecule has 1 amide bonds. The Kier molecular flexibility index (Phi) is 7.67. The predicted octanol–water partition coefficient (Wildman–Crippen LogP) is 4.50. The number of para-hydroxylation sites is 1. The van der Waals surface area contributed by atoms with Crippen molar-refractivity contribution in [3.63, 3.8) is 0 Å². The Labute approximate surface area is 192 Å². The SMILES string of the molecule is N#Cc1ccccc1COc1ccc(C=NNC(=O)Cc2ccccc2[N+](=O)[O-])cc1Br. The molecule has 0 atom stereocenters. The molecule has 0 radical (unpaired) electrons. The molecule has 0 bridgehead atoms. The van der Waals surface area contributed by atoms with Gasteiger partial charge in [-0.25, -0.2) is 5.43 Å². The van der Waals surface area contributed by atoms with Gasteiger partial charge in [0.25, 0.3) is 5.69 Å². The Hall–Kier alpha value is -4.03. The Morgan fingerprint density at radius 1 is 1.16 bits per heavy atom. The molecule has 3 rings (SSSR count). The zero-order chi connectivity index (χ0) is 22.9. The number of ether oxygens (including phenoxy) is 1. The molecule has 0 saturated heterocycles. The summed E-state index contributed by atoms with van der Waals surface area (Å²) in [6.07, 6.45) is 1.30. The maximum Gasteiger partial charge on any atom is 0.273 e. The monoisotopic (exact) mass is 492 g/mol. The highest BCUT2D eigenvalue weighted by Gasteiger charge is 2.15. The van der Waals surface area contributed by atoms with Gasteiger partial charge in [-0.15, -0.1) is 0 Å². The third-order valence-electron chi connectivity index (χ3n) is 4.42. The van der Waals surface area contributed by atoms with E-state index in [1.165, 1.54) is 18.3 Å². The average Bonchev–Trinajstić information content (AvgIpc) is 2.79. The lowest BCUT2D eigenvalue weighted by atomic mass is 10.1. The van der Waals surface area contributed by atoms with E-state index >= 15 is 0 Å². The van der Waals surface area contributed by atoms with Gasteiger partial charge in [0.05, 0.1) is 33.7 Å². The lowest BCUT2D eigenvalue weighted by Gasteiger charge is -2.10. The molecular formula is C23H17BrN4O4. The number of nitrogens with zero attached hydrogens (tertiary/aromatic N) is 3. The smallest absolute Gasteiger partial charge is 0.273 e. The molecule has 0 aliphatic rings. The quantitative estimate of drug-likeness (QED) is 0.282. The van der Waals surface area contributed by atoms with Crippen molar-refractivity contribution in [1.29, 1.82) is 5.26 Å². The van der Waals surface area contributed by atoms with E-state index in [-0.39, 0.29) is 18.7 Å². The van der Waals surface area contributed by atoms with Crippen molar-refractivity contribution in [3.05, 3.63) is 104 Å². The van der Waals surface area contributed by atoms with Crippen molar-refractivity contribution in [3.8, 4) is 11.8 Å². The van der Waals surface area contributed by atoms with Gasteiger partial charge in [0.15, 0.2) is 0 Å². The molecule has 0 unspecified atom stereocenters. The van der Waals surface area contributed by atoms with Crippen LogP contribution < -0.4 is 10.2 Å². The zero-order valence-corrected chi connectivity index (χ0v) is 18.3. The number of nitriles is 1. The highest BCUT2D eigenvalue weighted by molar-refractivity contribution is 9.10. The fraction of sp³-hybridized carbons (Fsp3) is 0.0870. The number of hydrazone groups is 1. The molecule has 0 heterocycles. The van der Waals surface area contributed by atoms with Crippen LogP contribution in [-0.4, -0.2) is 17.0 Å². The summed E-state index contributed by atoms with van der Waals surface area (Å²) in [7, 11) is 0. The predicted molar refractivity (Wildman–Crippen MR) is 122 cm³/mol. The number of amides is 1. The maximum absolute atomic E-state index is 12.1. The number of carbonyl (C=O) groups is 1. The second kappa shape index (κ2) is 10.8. The molecule has 32 heavy (non-hydrogen) atoms. The lowest BCUT2D eigenvalue weighted by Crippen LogP contribution is -2.20. The molecule has 0 aliphatic heterocycles. The Morgan fingerprint density at radius 3 is 2.59 bits per heavy atom. The van der Waals surface area contributed by atoms with E-state index in [0.29, 0.717) is 26.9 Å². The van der Waals surface area contributed by atoms with Gasteiger partial charge in [-0.05, 0) is 45.8 Å².